The predicted octanol–water partition coefficient (Wildman–Crippen LogP) is 3.13. The molecular weight excluding hydrogens is 334 g/mol. The molecule has 2 aromatic rings. The van der Waals surface area contributed by atoms with Gasteiger partial charge in [-0.25, -0.2) is 9.97 Å². The van der Waals surface area contributed by atoms with Crippen molar-refractivity contribution in [3.05, 3.63) is 22.7 Å². The second kappa shape index (κ2) is 4.96. The lowest BCUT2D eigenvalue weighted by molar-refractivity contribution is 0.966. The molecule has 3 rings (SSSR count). The highest BCUT2D eigenvalue weighted by atomic mass is 79.9. The molecule has 5 nitrogen and oxygen atoms in total. The number of halogens is 1. The molecule has 2 aromatic heterocycles. The molecule has 1 saturated carbocycles. The van der Waals surface area contributed by atoms with Gasteiger partial charge < -0.3 is 5.32 Å². The minimum absolute atomic E-state index is 0.597. The Kier molecular flexibility index (Phi) is 3.41. The summed E-state index contributed by atoms with van der Waals surface area (Å²) in [5, 5.41) is 12.0. The van der Waals surface area contributed by atoms with E-state index in [0.29, 0.717) is 10.7 Å². The molecule has 0 aromatic carbocycles. The molecule has 0 saturated heterocycles. The van der Waals surface area contributed by atoms with Crippen molar-refractivity contribution in [1.82, 2.24) is 20.2 Å². The highest BCUT2D eigenvalue weighted by Crippen LogP contribution is 2.39. The first-order valence-corrected chi connectivity index (χ1v) is 11.1. The highest BCUT2D eigenvalue weighted by molar-refractivity contribution is 9.10. The molecule has 1 fully saturated rings. The smallest absolute Gasteiger partial charge is 0.198 e. The summed E-state index contributed by atoms with van der Waals surface area (Å²) in [4.78, 5) is 8.74. The average molecular weight is 352 g/mol. The van der Waals surface area contributed by atoms with Crippen LogP contribution in [-0.2, 0) is 0 Å². The molecule has 2 N–H and O–H groups in total. The fourth-order valence-electron chi connectivity index (χ4n) is 2.13. The SMILES string of the molecule is C[Si](C)(C)c1cnc(Br)nc1Nc1cc(C2CC2)[nH]n1. The molecule has 0 atom stereocenters. The second-order valence-corrected chi connectivity index (χ2v) is 12.0. The number of hydrogen-bond donors (Lipinski definition) is 2. The van der Waals surface area contributed by atoms with Crippen LogP contribution in [0.1, 0.15) is 24.5 Å². The van der Waals surface area contributed by atoms with E-state index in [2.05, 4.69) is 67.1 Å². The minimum Gasteiger partial charge on any atom is -0.323 e. The summed E-state index contributed by atoms with van der Waals surface area (Å²) >= 11 is 3.34. The van der Waals surface area contributed by atoms with Crippen molar-refractivity contribution >= 4 is 40.8 Å². The quantitative estimate of drug-likeness (QED) is 0.655. The summed E-state index contributed by atoms with van der Waals surface area (Å²) in [6.45, 7) is 6.85. The van der Waals surface area contributed by atoms with Gasteiger partial charge >= 0.3 is 0 Å². The van der Waals surface area contributed by atoms with E-state index in [1.54, 1.807) is 0 Å². The molecule has 20 heavy (non-hydrogen) atoms. The van der Waals surface area contributed by atoms with Gasteiger partial charge in [0.05, 0.1) is 8.07 Å². The van der Waals surface area contributed by atoms with Crippen LogP contribution in [0.25, 0.3) is 0 Å². The molecular formula is C13H18BrN5Si. The van der Waals surface area contributed by atoms with Gasteiger partial charge in [0.2, 0.25) is 0 Å². The third kappa shape index (κ3) is 2.93. The number of hydrogen-bond acceptors (Lipinski definition) is 4. The van der Waals surface area contributed by atoms with E-state index in [9.17, 15) is 0 Å². The van der Waals surface area contributed by atoms with Crippen molar-refractivity contribution < 1.29 is 0 Å². The third-order valence-electron chi connectivity index (χ3n) is 3.43. The first kappa shape index (κ1) is 13.8. The molecule has 1 aliphatic rings. The molecule has 0 unspecified atom stereocenters. The molecule has 0 radical (unpaired) electrons. The van der Waals surface area contributed by atoms with Crippen LogP contribution in [0.4, 0.5) is 11.6 Å². The Morgan fingerprint density at radius 2 is 2.10 bits per heavy atom. The van der Waals surface area contributed by atoms with Gasteiger partial charge in [-0.3, -0.25) is 5.10 Å². The Hall–Kier alpha value is -1.21. The zero-order chi connectivity index (χ0) is 14.3. The standard InChI is InChI=1S/C13H18BrN5Si/c1-20(2,3)10-7-15-13(14)17-12(10)16-11-6-9(18-19-11)8-4-5-8/h6-8H,4-5H2,1-3H3,(H2,15,16,17,18,19). The van der Waals surface area contributed by atoms with Crippen LogP contribution < -0.4 is 10.5 Å². The molecule has 106 valence electrons. The van der Waals surface area contributed by atoms with Gasteiger partial charge in [-0.15, -0.1) is 0 Å². The van der Waals surface area contributed by atoms with Crippen molar-refractivity contribution in [3.63, 3.8) is 0 Å². The zero-order valence-corrected chi connectivity index (χ0v) is 14.5. The Bertz CT molecular complexity index is 630. The summed E-state index contributed by atoms with van der Waals surface area (Å²) in [5.74, 6) is 2.36. The minimum atomic E-state index is -1.50. The summed E-state index contributed by atoms with van der Waals surface area (Å²) < 4.78 is 0.597. The number of aromatic nitrogens is 4. The number of rotatable bonds is 4. The maximum absolute atomic E-state index is 4.48. The maximum atomic E-state index is 4.48. The number of nitrogens with one attached hydrogen (secondary N) is 2. The average Bonchev–Trinajstić information content (AvgIpc) is 3.09. The van der Waals surface area contributed by atoms with Crippen LogP contribution >= 0.6 is 15.9 Å². The number of aromatic amines is 1. The van der Waals surface area contributed by atoms with Crippen LogP contribution in [-0.4, -0.2) is 28.2 Å². The fraction of sp³-hybridized carbons (Fsp3) is 0.462. The zero-order valence-electron chi connectivity index (χ0n) is 11.9. The molecule has 0 spiro atoms. The lowest BCUT2D eigenvalue weighted by Gasteiger charge is -2.19. The lowest BCUT2D eigenvalue weighted by Crippen LogP contribution is -2.40. The lowest BCUT2D eigenvalue weighted by atomic mass is 10.3. The highest BCUT2D eigenvalue weighted by Gasteiger charge is 2.26. The largest absolute Gasteiger partial charge is 0.323 e. The summed E-state index contributed by atoms with van der Waals surface area (Å²) in [6, 6.07) is 2.08. The van der Waals surface area contributed by atoms with Crippen LogP contribution in [0.5, 0.6) is 0 Å². The van der Waals surface area contributed by atoms with Gasteiger partial charge in [0.15, 0.2) is 10.6 Å². The molecule has 7 heteroatoms. The maximum Gasteiger partial charge on any atom is 0.198 e. The van der Waals surface area contributed by atoms with Gasteiger partial charge in [-0.2, -0.15) is 5.10 Å². The Morgan fingerprint density at radius 1 is 1.35 bits per heavy atom. The summed E-state index contributed by atoms with van der Waals surface area (Å²) in [5.41, 5.74) is 1.22. The Balaban J connectivity index is 1.90. The van der Waals surface area contributed by atoms with E-state index in [1.165, 1.54) is 23.7 Å². The molecule has 0 amide bonds. The number of anilines is 2. The number of nitrogens with zero attached hydrogens (tertiary/aromatic N) is 3. The van der Waals surface area contributed by atoms with E-state index in [-0.39, 0.29) is 0 Å². The first-order valence-electron chi connectivity index (χ1n) is 6.79. The van der Waals surface area contributed by atoms with Gasteiger partial charge in [0.1, 0.15) is 5.82 Å². The molecule has 2 heterocycles. The van der Waals surface area contributed by atoms with Gasteiger partial charge in [-0.05, 0) is 34.0 Å². The Morgan fingerprint density at radius 3 is 2.75 bits per heavy atom. The number of H-pyrrole nitrogens is 1. The van der Waals surface area contributed by atoms with E-state index < -0.39 is 8.07 Å². The van der Waals surface area contributed by atoms with E-state index >= 15 is 0 Å². The van der Waals surface area contributed by atoms with Crippen molar-refractivity contribution in [2.45, 2.75) is 38.4 Å². The van der Waals surface area contributed by atoms with Gasteiger partial charge in [-0.1, -0.05) is 19.6 Å². The first-order chi connectivity index (χ1) is 9.43. The topological polar surface area (TPSA) is 66.5 Å². The monoisotopic (exact) mass is 351 g/mol. The van der Waals surface area contributed by atoms with Crippen molar-refractivity contribution in [2.24, 2.45) is 0 Å². The van der Waals surface area contributed by atoms with Crippen LogP contribution in [0, 0.1) is 0 Å². The van der Waals surface area contributed by atoms with Crippen molar-refractivity contribution in [2.75, 3.05) is 5.32 Å². The fourth-order valence-corrected chi connectivity index (χ4v) is 3.69. The second-order valence-electron chi connectivity index (χ2n) is 6.26. The third-order valence-corrected chi connectivity index (χ3v) is 5.79. The molecule has 0 aliphatic heterocycles. The van der Waals surface area contributed by atoms with Crippen molar-refractivity contribution in [1.29, 1.82) is 0 Å². The van der Waals surface area contributed by atoms with Crippen LogP contribution in [0.15, 0.2) is 17.0 Å². The van der Waals surface area contributed by atoms with E-state index in [4.69, 9.17) is 0 Å². The van der Waals surface area contributed by atoms with E-state index in [1.807, 2.05) is 6.20 Å². The van der Waals surface area contributed by atoms with Crippen LogP contribution in [0.2, 0.25) is 19.6 Å². The van der Waals surface area contributed by atoms with Crippen LogP contribution in [0.3, 0.4) is 0 Å². The Labute approximate surface area is 127 Å². The predicted molar refractivity (Wildman–Crippen MR) is 86.6 cm³/mol. The van der Waals surface area contributed by atoms with Gasteiger partial charge in [0.25, 0.3) is 0 Å². The van der Waals surface area contributed by atoms with E-state index in [0.717, 1.165) is 11.6 Å². The van der Waals surface area contributed by atoms with Crippen molar-refractivity contribution in [3.8, 4) is 0 Å². The van der Waals surface area contributed by atoms with Gasteiger partial charge in [0, 0.05) is 23.9 Å². The summed E-state index contributed by atoms with van der Waals surface area (Å²) in [6.07, 6.45) is 4.45. The molecule has 1 aliphatic carbocycles. The normalized spacial score (nSPS) is 15.4. The molecule has 0 bridgehead atoms. The summed E-state index contributed by atoms with van der Waals surface area (Å²) in [7, 11) is -1.50.